The summed E-state index contributed by atoms with van der Waals surface area (Å²) in [6, 6.07) is 5.43. The first-order valence-corrected chi connectivity index (χ1v) is 8.64. The molecule has 0 radical (unpaired) electrons. The zero-order valence-corrected chi connectivity index (χ0v) is 14.7. The van der Waals surface area contributed by atoms with Crippen LogP contribution in [0, 0.1) is 0 Å². The second kappa shape index (κ2) is 6.99. The summed E-state index contributed by atoms with van der Waals surface area (Å²) in [5.74, 6) is -0.301. The van der Waals surface area contributed by atoms with Crippen molar-refractivity contribution in [2.75, 3.05) is 19.6 Å². The minimum Gasteiger partial charge on any atom is -0.408 e. The molecule has 1 aliphatic rings. The number of hydrogen-bond donors (Lipinski definition) is 1. The molecule has 2 heterocycles. The fourth-order valence-electron chi connectivity index (χ4n) is 3.26. The first kappa shape index (κ1) is 17.0. The number of fused-ring (bicyclic) bond motifs is 1. The predicted octanol–water partition coefficient (Wildman–Crippen LogP) is 2.41. The smallest absolute Gasteiger partial charge is 0.408 e. The molecule has 3 rings (SSSR count). The number of nitrogens with zero attached hydrogens (tertiary/aromatic N) is 2. The van der Waals surface area contributed by atoms with Gasteiger partial charge in [-0.05, 0) is 44.9 Å². The Morgan fingerprint density at radius 3 is 2.75 bits per heavy atom. The van der Waals surface area contributed by atoms with Gasteiger partial charge in [0.05, 0.1) is 12.1 Å². The first-order valence-electron chi connectivity index (χ1n) is 8.26. The molecule has 1 saturated heterocycles. The summed E-state index contributed by atoms with van der Waals surface area (Å²) in [5, 5.41) is 3.49. The molecule has 1 N–H and O–H groups in total. The van der Waals surface area contributed by atoms with Crippen LogP contribution in [0.4, 0.5) is 0 Å². The third-order valence-corrected chi connectivity index (χ3v) is 4.55. The summed E-state index contributed by atoms with van der Waals surface area (Å²) in [5.41, 5.74) is 1.30. The van der Waals surface area contributed by atoms with Gasteiger partial charge in [-0.2, -0.15) is 0 Å². The van der Waals surface area contributed by atoms with Crippen LogP contribution in [-0.4, -0.2) is 41.1 Å². The highest BCUT2D eigenvalue weighted by atomic mass is 35.5. The van der Waals surface area contributed by atoms with Gasteiger partial charge < -0.3 is 9.73 Å². The molecule has 6 nitrogen and oxygen atoms in total. The van der Waals surface area contributed by atoms with Gasteiger partial charge in [0.1, 0.15) is 0 Å². The zero-order chi connectivity index (χ0) is 17.3. The number of oxazole rings is 1. The van der Waals surface area contributed by atoms with Gasteiger partial charge in [-0.1, -0.05) is 11.6 Å². The summed E-state index contributed by atoms with van der Waals surface area (Å²) in [6.45, 7) is 5.85. The molecular formula is C17H22ClN3O3. The van der Waals surface area contributed by atoms with E-state index in [2.05, 4.69) is 10.2 Å². The summed E-state index contributed by atoms with van der Waals surface area (Å²) >= 11 is 6.05. The van der Waals surface area contributed by atoms with Crippen molar-refractivity contribution in [2.45, 2.75) is 38.8 Å². The van der Waals surface area contributed by atoms with E-state index in [-0.39, 0.29) is 23.7 Å². The Morgan fingerprint density at radius 2 is 2.08 bits per heavy atom. The van der Waals surface area contributed by atoms with Crippen LogP contribution in [0.25, 0.3) is 11.1 Å². The molecule has 0 saturated carbocycles. The number of rotatable bonds is 4. The molecular weight excluding hydrogens is 330 g/mol. The van der Waals surface area contributed by atoms with E-state index in [4.69, 9.17) is 16.0 Å². The lowest BCUT2D eigenvalue weighted by Crippen LogP contribution is -2.44. The summed E-state index contributed by atoms with van der Waals surface area (Å²) < 4.78 is 7.01. The van der Waals surface area contributed by atoms with E-state index in [1.165, 1.54) is 0 Å². The predicted molar refractivity (Wildman–Crippen MR) is 93.5 cm³/mol. The van der Waals surface area contributed by atoms with Gasteiger partial charge in [0.15, 0.2) is 5.58 Å². The molecule has 1 amide bonds. The molecule has 0 bridgehead atoms. The number of amides is 1. The van der Waals surface area contributed by atoms with Crippen molar-refractivity contribution in [3.63, 3.8) is 0 Å². The number of hydrogen-bond acceptors (Lipinski definition) is 4. The van der Waals surface area contributed by atoms with Crippen molar-refractivity contribution < 1.29 is 9.21 Å². The van der Waals surface area contributed by atoms with Crippen molar-refractivity contribution in [3.05, 3.63) is 33.8 Å². The Hall–Kier alpha value is -1.79. The van der Waals surface area contributed by atoms with Crippen molar-refractivity contribution in [1.29, 1.82) is 0 Å². The maximum atomic E-state index is 12.2. The summed E-state index contributed by atoms with van der Waals surface area (Å²) in [4.78, 5) is 26.2. The van der Waals surface area contributed by atoms with Gasteiger partial charge in [-0.15, -0.1) is 0 Å². The highest BCUT2D eigenvalue weighted by molar-refractivity contribution is 6.31. The van der Waals surface area contributed by atoms with Crippen molar-refractivity contribution >= 4 is 28.6 Å². The minimum absolute atomic E-state index is 0.0427. The van der Waals surface area contributed by atoms with Gasteiger partial charge in [0.2, 0.25) is 5.91 Å². The number of benzene rings is 1. The topological polar surface area (TPSA) is 67.5 Å². The maximum Gasteiger partial charge on any atom is 0.420 e. The molecule has 1 aliphatic heterocycles. The normalized spacial score (nSPS) is 16.8. The summed E-state index contributed by atoms with van der Waals surface area (Å²) in [6.07, 6.45) is 1.60. The maximum absolute atomic E-state index is 12.2. The van der Waals surface area contributed by atoms with Crippen LogP contribution in [0.2, 0.25) is 5.02 Å². The van der Waals surface area contributed by atoms with E-state index in [1.54, 1.807) is 22.8 Å². The quantitative estimate of drug-likeness (QED) is 0.918. The Bertz CT molecular complexity index is 788. The number of carbonyl (C=O) groups excluding carboxylic acids is 1. The molecule has 24 heavy (non-hydrogen) atoms. The average Bonchev–Trinajstić information content (AvgIpc) is 2.82. The van der Waals surface area contributed by atoms with Crippen molar-refractivity contribution in [1.82, 2.24) is 14.8 Å². The van der Waals surface area contributed by atoms with E-state index >= 15 is 0 Å². The number of aromatic nitrogens is 1. The lowest BCUT2D eigenvalue weighted by molar-refractivity contribution is -0.123. The average molecular weight is 352 g/mol. The Kier molecular flexibility index (Phi) is 4.96. The molecule has 1 aromatic heterocycles. The highest BCUT2D eigenvalue weighted by Crippen LogP contribution is 2.27. The van der Waals surface area contributed by atoms with Gasteiger partial charge in [0, 0.05) is 30.2 Å². The second-order valence-electron chi connectivity index (χ2n) is 6.58. The number of carbonyl (C=O) groups is 1. The Labute approximate surface area is 145 Å². The minimum atomic E-state index is -0.344. The Balaban J connectivity index is 1.69. The van der Waals surface area contributed by atoms with Crippen LogP contribution in [-0.2, 0) is 4.79 Å². The van der Waals surface area contributed by atoms with E-state index < -0.39 is 0 Å². The lowest BCUT2D eigenvalue weighted by Gasteiger charge is -2.31. The molecule has 0 spiro atoms. The number of likely N-dealkylation sites (tertiary alicyclic amines) is 1. The van der Waals surface area contributed by atoms with Gasteiger partial charge >= 0.3 is 5.76 Å². The van der Waals surface area contributed by atoms with Crippen LogP contribution in [0.15, 0.2) is 27.4 Å². The molecule has 1 fully saturated rings. The monoisotopic (exact) mass is 351 g/mol. The van der Waals surface area contributed by atoms with Crippen LogP contribution < -0.4 is 11.1 Å². The van der Waals surface area contributed by atoms with E-state index in [0.717, 1.165) is 31.4 Å². The molecule has 7 heteroatoms. The zero-order valence-electron chi connectivity index (χ0n) is 13.9. The second-order valence-corrected chi connectivity index (χ2v) is 7.02. The van der Waals surface area contributed by atoms with Gasteiger partial charge in [-0.3, -0.25) is 14.3 Å². The molecule has 130 valence electrons. The third kappa shape index (κ3) is 3.65. The van der Waals surface area contributed by atoms with Crippen molar-refractivity contribution in [3.8, 4) is 0 Å². The fourth-order valence-corrected chi connectivity index (χ4v) is 3.43. The van der Waals surface area contributed by atoms with Crippen LogP contribution in [0.1, 0.15) is 32.7 Å². The number of piperidine rings is 1. The van der Waals surface area contributed by atoms with E-state index in [9.17, 15) is 9.59 Å². The van der Waals surface area contributed by atoms with Crippen LogP contribution in [0.5, 0.6) is 0 Å². The van der Waals surface area contributed by atoms with Crippen LogP contribution >= 0.6 is 11.6 Å². The first-order chi connectivity index (χ1) is 11.4. The SMILES string of the molecule is CC(C)NC(=O)CN1CCC(n2c(=O)oc3ccc(Cl)cc32)CC1. The number of nitrogens with one attached hydrogen (secondary N) is 1. The van der Waals surface area contributed by atoms with Crippen LogP contribution in [0.3, 0.4) is 0 Å². The highest BCUT2D eigenvalue weighted by Gasteiger charge is 2.25. The third-order valence-electron chi connectivity index (χ3n) is 4.31. The fraction of sp³-hybridized carbons (Fsp3) is 0.529. The molecule has 2 aromatic rings. The van der Waals surface area contributed by atoms with Gasteiger partial charge in [0.25, 0.3) is 0 Å². The molecule has 0 aliphatic carbocycles. The summed E-state index contributed by atoms with van der Waals surface area (Å²) in [7, 11) is 0. The molecule has 0 atom stereocenters. The number of halogens is 1. The largest absolute Gasteiger partial charge is 0.420 e. The molecule has 1 aromatic carbocycles. The van der Waals surface area contributed by atoms with E-state index in [0.29, 0.717) is 17.2 Å². The van der Waals surface area contributed by atoms with E-state index in [1.807, 2.05) is 13.8 Å². The molecule has 0 unspecified atom stereocenters. The lowest BCUT2D eigenvalue weighted by atomic mass is 10.0. The van der Waals surface area contributed by atoms with Gasteiger partial charge in [-0.25, -0.2) is 4.79 Å². The van der Waals surface area contributed by atoms with Crippen molar-refractivity contribution in [2.24, 2.45) is 0 Å². The Morgan fingerprint density at radius 1 is 1.38 bits per heavy atom. The standard InChI is InChI=1S/C17H22ClN3O3/c1-11(2)19-16(22)10-20-7-5-13(6-8-20)21-14-9-12(18)3-4-15(14)24-17(21)23/h3-4,9,11,13H,5-8,10H2,1-2H3,(H,19,22).